The SMILES string of the molecule is COCc1cc2nc(Br)ccn2n1. The van der Waals surface area contributed by atoms with Gasteiger partial charge in [-0.2, -0.15) is 5.10 Å². The van der Waals surface area contributed by atoms with Crippen LogP contribution in [0.2, 0.25) is 0 Å². The van der Waals surface area contributed by atoms with Gasteiger partial charge in [-0.05, 0) is 22.0 Å². The van der Waals surface area contributed by atoms with Gasteiger partial charge in [-0.3, -0.25) is 0 Å². The average molecular weight is 242 g/mol. The highest BCUT2D eigenvalue weighted by Crippen LogP contribution is 2.09. The fraction of sp³-hybridized carbons (Fsp3) is 0.250. The first-order valence-electron chi connectivity index (χ1n) is 3.79. The quantitative estimate of drug-likeness (QED) is 0.751. The molecule has 4 nitrogen and oxygen atoms in total. The Labute approximate surface area is 83.7 Å². The van der Waals surface area contributed by atoms with Crippen LogP contribution in [0.25, 0.3) is 5.65 Å². The van der Waals surface area contributed by atoms with Gasteiger partial charge in [0, 0.05) is 19.4 Å². The van der Waals surface area contributed by atoms with Gasteiger partial charge in [0.1, 0.15) is 4.60 Å². The number of hydrogen-bond donors (Lipinski definition) is 0. The third-order valence-electron chi connectivity index (χ3n) is 1.63. The van der Waals surface area contributed by atoms with E-state index in [0.717, 1.165) is 15.9 Å². The number of fused-ring (bicyclic) bond motifs is 1. The van der Waals surface area contributed by atoms with Crippen molar-refractivity contribution in [2.45, 2.75) is 6.61 Å². The number of ether oxygens (including phenoxy) is 1. The Morgan fingerprint density at radius 1 is 1.62 bits per heavy atom. The molecule has 2 rings (SSSR count). The number of hydrogen-bond acceptors (Lipinski definition) is 3. The molecule has 0 amide bonds. The minimum Gasteiger partial charge on any atom is -0.378 e. The Balaban J connectivity index is 2.49. The fourth-order valence-electron chi connectivity index (χ4n) is 1.12. The first kappa shape index (κ1) is 8.65. The molecule has 2 aromatic rings. The summed E-state index contributed by atoms with van der Waals surface area (Å²) in [5, 5.41) is 4.25. The summed E-state index contributed by atoms with van der Waals surface area (Å²) < 4.78 is 7.50. The zero-order valence-corrected chi connectivity index (χ0v) is 8.65. The topological polar surface area (TPSA) is 39.4 Å². The lowest BCUT2D eigenvalue weighted by Gasteiger charge is -1.91. The van der Waals surface area contributed by atoms with Gasteiger partial charge in [-0.15, -0.1) is 0 Å². The summed E-state index contributed by atoms with van der Waals surface area (Å²) in [5.41, 5.74) is 1.70. The van der Waals surface area contributed by atoms with E-state index in [1.54, 1.807) is 11.6 Å². The summed E-state index contributed by atoms with van der Waals surface area (Å²) >= 11 is 3.30. The van der Waals surface area contributed by atoms with Crippen molar-refractivity contribution in [2.75, 3.05) is 7.11 Å². The van der Waals surface area contributed by atoms with Gasteiger partial charge in [-0.25, -0.2) is 9.50 Å². The summed E-state index contributed by atoms with van der Waals surface area (Å²) in [5.74, 6) is 0. The summed E-state index contributed by atoms with van der Waals surface area (Å²) in [7, 11) is 1.65. The first-order chi connectivity index (χ1) is 6.29. The van der Waals surface area contributed by atoms with Gasteiger partial charge in [0.25, 0.3) is 0 Å². The second kappa shape index (κ2) is 3.43. The van der Waals surface area contributed by atoms with Crippen molar-refractivity contribution >= 4 is 21.6 Å². The number of methoxy groups -OCH3 is 1. The van der Waals surface area contributed by atoms with Crippen molar-refractivity contribution in [3.8, 4) is 0 Å². The smallest absolute Gasteiger partial charge is 0.156 e. The molecule has 0 atom stereocenters. The standard InChI is InChI=1S/C8H8BrN3O/c1-13-5-6-4-8-10-7(9)2-3-12(8)11-6/h2-4H,5H2,1H3. The zero-order valence-electron chi connectivity index (χ0n) is 7.07. The van der Waals surface area contributed by atoms with Crippen LogP contribution in [-0.2, 0) is 11.3 Å². The molecule has 0 aliphatic carbocycles. The van der Waals surface area contributed by atoms with Crippen LogP contribution >= 0.6 is 15.9 Å². The van der Waals surface area contributed by atoms with Crippen LogP contribution in [0.15, 0.2) is 22.9 Å². The van der Waals surface area contributed by atoms with E-state index in [1.807, 2.05) is 18.3 Å². The molecule has 0 saturated heterocycles. The van der Waals surface area contributed by atoms with E-state index in [2.05, 4.69) is 26.0 Å². The Hall–Kier alpha value is -0.940. The maximum Gasteiger partial charge on any atom is 0.156 e. The van der Waals surface area contributed by atoms with Crippen LogP contribution < -0.4 is 0 Å². The minimum absolute atomic E-state index is 0.515. The third-order valence-corrected chi connectivity index (χ3v) is 2.08. The van der Waals surface area contributed by atoms with Crippen molar-refractivity contribution in [2.24, 2.45) is 0 Å². The molecule has 68 valence electrons. The van der Waals surface area contributed by atoms with Gasteiger partial charge in [0.2, 0.25) is 0 Å². The predicted molar refractivity (Wildman–Crippen MR) is 51.4 cm³/mol. The molecule has 0 fully saturated rings. The molecule has 0 spiro atoms. The molecule has 0 saturated carbocycles. The summed E-state index contributed by atoms with van der Waals surface area (Å²) in [4.78, 5) is 4.24. The van der Waals surface area contributed by atoms with Crippen LogP contribution in [-0.4, -0.2) is 21.7 Å². The molecule has 0 bridgehead atoms. The molecule has 2 aromatic heterocycles. The highest BCUT2D eigenvalue weighted by Gasteiger charge is 2.01. The molecule has 0 radical (unpaired) electrons. The lowest BCUT2D eigenvalue weighted by molar-refractivity contribution is 0.181. The van der Waals surface area contributed by atoms with E-state index in [4.69, 9.17) is 4.74 Å². The number of rotatable bonds is 2. The highest BCUT2D eigenvalue weighted by atomic mass is 79.9. The minimum atomic E-state index is 0.515. The van der Waals surface area contributed by atoms with Crippen molar-refractivity contribution in [3.63, 3.8) is 0 Å². The Morgan fingerprint density at radius 3 is 3.23 bits per heavy atom. The second-order valence-electron chi connectivity index (χ2n) is 2.62. The van der Waals surface area contributed by atoms with Gasteiger partial charge in [0.15, 0.2) is 5.65 Å². The molecule has 0 aromatic carbocycles. The Morgan fingerprint density at radius 2 is 2.46 bits per heavy atom. The van der Waals surface area contributed by atoms with Crippen LogP contribution in [0.5, 0.6) is 0 Å². The van der Waals surface area contributed by atoms with Gasteiger partial charge < -0.3 is 4.74 Å². The molecule has 13 heavy (non-hydrogen) atoms. The van der Waals surface area contributed by atoms with E-state index in [1.165, 1.54) is 0 Å². The number of halogens is 1. The first-order valence-corrected chi connectivity index (χ1v) is 4.58. The van der Waals surface area contributed by atoms with Gasteiger partial charge in [-0.1, -0.05) is 0 Å². The van der Waals surface area contributed by atoms with E-state index >= 15 is 0 Å². The van der Waals surface area contributed by atoms with Gasteiger partial charge in [0.05, 0.1) is 12.3 Å². The van der Waals surface area contributed by atoms with E-state index in [0.29, 0.717) is 6.61 Å². The molecule has 0 unspecified atom stereocenters. The molecule has 0 N–H and O–H groups in total. The van der Waals surface area contributed by atoms with Crippen LogP contribution in [0.3, 0.4) is 0 Å². The maximum atomic E-state index is 4.97. The third kappa shape index (κ3) is 1.71. The average Bonchev–Trinajstić information content (AvgIpc) is 2.46. The zero-order chi connectivity index (χ0) is 9.26. The van der Waals surface area contributed by atoms with E-state index in [9.17, 15) is 0 Å². The van der Waals surface area contributed by atoms with Crippen molar-refractivity contribution in [1.29, 1.82) is 0 Å². The van der Waals surface area contributed by atoms with Crippen LogP contribution in [0.4, 0.5) is 0 Å². The molecule has 0 aliphatic heterocycles. The molecule has 5 heteroatoms. The maximum absolute atomic E-state index is 4.97. The molecule has 2 heterocycles. The van der Waals surface area contributed by atoms with E-state index < -0.39 is 0 Å². The van der Waals surface area contributed by atoms with Crippen molar-refractivity contribution < 1.29 is 4.74 Å². The normalized spacial score (nSPS) is 10.9. The van der Waals surface area contributed by atoms with Crippen LogP contribution in [0.1, 0.15) is 5.69 Å². The fourth-order valence-corrected chi connectivity index (χ4v) is 1.42. The summed E-state index contributed by atoms with van der Waals surface area (Å²) in [6, 6.07) is 3.74. The second-order valence-corrected chi connectivity index (χ2v) is 3.43. The monoisotopic (exact) mass is 241 g/mol. The molecular weight excluding hydrogens is 234 g/mol. The highest BCUT2D eigenvalue weighted by molar-refractivity contribution is 9.10. The summed E-state index contributed by atoms with van der Waals surface area (Å²) in [6.45, 7) is 0.515. The van der Waals surface area contributed by atoms with Gasteiger partial charge >= 0.3 is 0 Å². The largest absolute Gasteiger partial charge is 0.378 e. The van der Waals surface area contributed by atoms with E-state index in [-0.39, 0.29) is 0 Å². The molecular formula is C8H8BrN3O. The summed E-state index contributed by atoms with van der Waals surface area (Å²) in [6.07, 6.45) is 1.85. The molecule has 0 aliphatic rings. The van der Waals surface area contributed by atoms with Crippen molar-refractivity contribution in [3.05, 3.63) is 28.6 Å². The van der Waals surface area contributed by atoms with Crippen molar-refractivity contribution in [1.82, 2.24) is 14.6 Å². The lowest BCUT2D eigenvalue weighted by atomic mass is 10.4. The Bertz CT molecular complexity index is 426. The predicted octanol–water partition coefficient (Wildman–Crippen LogP) is 1.64. The number of aromatic nitrogens is 3. The Kier molecular flexibility index (Phi) is 2.28. The number of nitrogens with zero attached hydrogens (tertiary/aromatic N) is 3. The van der Waals surface area contributed by atoms with Crippen LogP contribution in [0, 0.1) is 0 Å². The lowest BCUT2D eigenvalue weighted by Crippen LogP contribution is -1.91.